The fraction of sp³-hybridized carbons (Fsp3) is 0.812. The van der Waals surface area contributed by atoms with E-state index >= 15 is 0 Å². The van der Waals surface area contributed by atoms with Crippen LogP contribution >= 0.6 is 0 Å². The van der Waals surface area contributed by atoms with E-state index in [4.69, 9.17) is 5.11 Å². The van der Waals surface area contributed by atoms with E-state index < -0.39 is 35.8 Å². The number of unbranched alkanes of at least 4 members (excludes halogenated alkanes) is 15. The highest BCUT2D eigenvalue weighted by Crippen LogP contribution is 2.17. The number of aliphatic carboxylic acids is 3. The predicted molar refractivity (Wildman–Crippen MR) is 160 cm³/mol. The molecule has 0 aromatic heterocycles. The van der Waals surface area contributed by atoms with Gasteiger partial charge < -0.3 is 25.4 Å². The lowest BCUT2D eigenvalue weighted by atomic mass is 9.94. The summed E-state index contributed by atoms with van der Waals surface area (Å²) in [5.74, 6) is -5.02. The molecule has 0 heterocycles. The Kier molecular flexibility index (Phi) is 24.2. The van der Waals surface area contributed by atoms with E-state index in [2.05, 4.69) is 5.32 Å². The third-order valence-corrected chi connectivity index (χ3v) is 7.56. The van der Waals surface area contributed by atoms with Gasteiger partial charge in [-0.2, -0.15) is 0 Å². The second-order valence-electron chi connectivity index (χ2n) is 11.6. The summed E-state index contributed by atoms with van der Waals surface area (Å²) in [5, 5.41) is 29.6. The normalized spacial score (nSPS) is 12.4. The molecule has 242 valence electrons. The molecule has 4 N–H and O–H groups in total. The zero-order valence-electron chi connectivity index (χ0n) is 25.7. The highest BCUT2D eigenvalue weighted by Gasteiger charge is 2.24. The fourth-order valence-electron chi connectivity index (χ4n) is 4.94. The van der Waals surface area contributed by atoms with Crippen LogP contribution in [-0.2, 0) is 28.8 Å². The van der Waals surface area contributed by atoms with Crippen LogP contribution < -0.4 is 5.32 Å². The van der Waals surface area contributed by atoms with Crippen molar-refractivity contribution < 1.29 is 44.1 Å². The first-order chi connectivity index (χ1) is 20.0. The minimum absolute atomic E-state index is 0.0199. The largest absolute Gasteiger partial charge is 0.481 e. The highest BCUT2D eigenvalue weighted by molar-refractivity contribution is 5.86. The number of hydrogen-bond acceptors (Lipinski definition) is 6. The highest BCUT2D eigenvalue weighted by atomic mass is 16.4. The molecule has 10 nitrogen and oxygen atoms in total. The molecule has 0 aliphatic heterocycles. The second-order valence-corrected chi connectivity index (χ2v) is 11.6. The molecule has 42 heavy (non-hydrogen) atoms. The minimum Gasteiger partial charge on any atom is -0.481 e. The molecule has 0 saturated heterocycles. The molecule has 0 saturated carbocycles. The lowest BCUT2D eigenvalue weighted by Crippen LogP contribution is -2.41. The summed E-state index contributed by atoms with van der Waals surface area (Å²) in [5.41, 5.74) is 0. The molecule has 0 aliphatic rings. The first-order valence-corrected chi connectivity index (χ1v) is 16.0. The molecule has 1 amide bonds. The summed E-state index contributed by atoms with van der Waals surface area (Å²) >= 11 is 0. The number of rotatable bonds is 30. The van der Waals surface area contributed by atoms with Gasteiger partial charge in [0.05, 0.1) is 5.92 Å². The summed E-state index contributed by atoms with van der Waals surface area (Å²) in [6, 6.07) is -1.21. The minimum atomic E-state index is -1.25. The van der Waals surface area contributed by atoms with Gasteiger partial charge in [-0.1, -0.05) is 89.9 Å². The van der Waals surface area contributed by atoms with E-state index in [1.807, 2.05) is 0 Å². The Morgan fingerprint density at radius 2 is 0.952 bits per heavy atom. The van der Waals surface area contributed by atoms with Crippen molar-refractivity contribution in [3.63, 3.8) is 0 Å². The number of ketones is 2. The van der Waals surface area contributed by atoms with Gasteiger partial charge in [-0.3, -0.25) is 19.2 Å². The van der Waals surface area contributed by atoms with Crippen molar-refractivity contribution in [2.24, 2.45) is 5.92 Å². The van der Waals surface area contributed by atoms with E-state index in [0.717, 1.165) is 44.9 Å². The van der Waals surface area contributed by atoms with Crippen LogP contribution in [0.25, 0.3) is 0 Å². The Morgan fingerprint density at radius 3 is 1.33 bits per heavy atom. The summed E-state index contributed by atoms with van der Waals surface area (Å²) in [7, 11) is 0. The lowest BCUT2D eigenvalue weighted by Gasteiger charge is -2.15. The number of carboxylic acids is 3. The van der Waals surface area contributed by atoms with E-state index in [0.29, 0.717) is 6.42 Å². The molecule has 0 radical (unpaired) electrons. The second kappa shape index (κ2) is 25.9. The van der Waals surface area contributed by atoms with Crippen molar-refractivity contribution >= 4 is 35.4 Å². The van der Waals surface area contributed by atoms with Gasteiger partial charge in [0.1, 0.15) is 17.6 Å². The Bertz CT molecular complexity index is 812. The number of carboxylic acid groups (broad SMARTS) is 3. The maximum Gasteiger partial charge on any atom is 0.326 e. The molecule has 0 rings (SSSR count). The van der Waals surface area contributed by atoms with E-state index in [-0.39, 0.29) is 50.1 Å². The van der Waals surface area contributed by atoms with Crippen molar-refractivity contribution in [1.29, 1.82) is 0 Å². The summed E-state index contributed by atoms with van der Waals surface area (Å²) in [6.45, 7) is 1.33. The average molecular weight is 598 g/mol. The van der Waals surface area contributed by atoms with Crippen molar-refractivity contribution in [2.75, 3.05) is 0 Å². The quantitative estimate of drug-likeness (QED) is 0.0676. The average Bonchev–Trinajstić information content (AvgIpc) is 2.91. The van der Waals surface area contributed by atoms with Crippen LogP contribution in [0.4, 0.5) is 0 Å². The van der Waals surface area contributed by atoms with Crippen LogP contribution in [0.1, 0.15) is 155 Å². The van der Waals surface area contributed by atoms with Crippen LogP contribution in [0.5, 0.6) is 0 Å². The fourth-order valence-corrected chi connectivity index (χ4v) is 4.94. The Hall–Kier alpha value is -2.78. The molecule has 10 heteroatoms. The molecular formula is C32H55NO9. The van der Waals surface area contributed by atoms with E-state index in [1.165, 1.54) is 64.7 Å². The monoisotopic (exact) mass is 597 g/mol. The number of carbonyl (C=O) groups excluding carboxylic acids is 3. The third-order valence-electron chi connectivity index (χ3n) is 7.56. The Labute approximate surface area is 251 Å². The molecule has 2 unspecified atom stereocenters. The molecule has 0 fully saturated rings. The number of amides is 1. The van der Waals surface area contributed by atoms with E-state index in [9.17, 15) is 39.0 Å². The third kappa shape index (κ3) is 25.0. The lowest BCUT2D eigenvalue weighted by molar-refractivity contribution is -0.145. The van der Waals surface area contributed by atoms with Crippen LogP contribution in [-0.4, -0.2) is 56.7 Å². The topological polar surface area (TPSA) is 175 Å². The first-order valence-electron chi connectivity index (χ1n) is 16.0. The molecule has 0 aliphatic carbocycles. The van der Waals surface area contributed by atoms with Gasteiger partial charge in [0.2, 0.25) is 5.91 Å². The van der Waals surface area contributed by atoms with Crippen molar-refractivity contribution in [3.05, 3.63) is 0 Å². The molecule has 0 aromatic carbocycles. The van der Waals surface area contributed by atoms with Crippen LogP contribution in [0.15, 0.2) is 0 Å². The number of nitrogens with one attached hydrogen (secondary N) is 1. The molecule has 0 spiro atoms. The first kappa shape index (κ1) is 39.2. The Morgan fingerprint density at radius 1 is 0.524 bits per heavy atom. The standard InChI is InChI=1S/C32H55NO9/c1-25(34)20-22-28(32(41)42)33-29(36)23-21-26(31(39)40)24-27(35)18-16-14-12-10-8-6-4-2-3-5-7-9-11-13-15-17-19-30(37)38/h26,28H,2-24H2,1H3,(H,33,36)(H,37,38)(H,39,40)(H,41,42). The number of carbonyl (C=O) groups is 6. The van der Waals surface area contributed by atoms with Crippen LogP contribution in [0, 0.1) is 5.92 Å². The van der Waals surface area contributed by atoms with Gasteiger partial charge in [0.25, 0.3) is 0 Å². The molecular weight excluding hydrogens is 542 g/mol. The number of Topliss-reactive ketones (excluding diaryl/α,β-unsaturated/α-hetero) is 2. The SMILES string of the molecule is CC(=O)CCC(NC(=O)CCC(CC(=O)CCCCCCCCCCCCCCCCCCC(=O)O)C(=O)O)C(=O)O. The van der Waals surface area contributed by atoms with Crippen molar-refractivity contribution in [1.82, 2.24) is 5.32 Å². The molecule has 0 aromatic rings. The van der Waals surface area contributed by atoms with Gasteiger partial charge >= 0.3 is 17.9 Å². The molecule has 2 atom stereocenters. The zero-order chi connectivity index (χ0) is 31.6. The van der Waals surface area contributed by atoms with E-state index in [1.54, 1.807) is 0 Å². The zero-order valence-corrected chi connectivity index (χ0v) is 25.7. The summed E-state index contributed by atoms with van der Waals surface area (Å²) in [6.07, 6.45) is 18.1. The predicted octanol–water partition coefficient (Wildman–Crippen LogP) is 6.47. The summed E-state index contributed by atoms with van der Waals surface area (Å²) in [4.78, 5) is 68.8. The number of hydrogen-bond donors (Lipinski definition) is 4. The van der Waals surface area contributed by atoms with Crippen LogP contribution in [0.2, 0.25) is 0 Å². The van der Waals surface area contributed by atoms with Crippen molar-refractivity contribution in [3.8, 4) is 0 Å². The van der Waals surface area contributed by atoms with Crippen LogP contribution in [0.3, 0.4) is 0 Å². The smallest absolute Gasteiger partial charge is 0.326 e. The maximum atomic E-state index is 12.3. The van der Waals surface area contributed by atoms with Gasteiger partial charge in [0.15, 0.2) is 0 Å². The van der Waals surface area contributed by atoms with Crippen molar-refractivity contribution in [2.45, 2.75) is 161 Å². The van der Waals surface area contributed by atoms with Gasteiger partial charge in [0, 0.05) is 32.1 Å². The summed E-state index contributed by atoms with van der Waals surface area (Å²) < 4.78 is 0. The van der Waals surface area contributed by atoms with Gasteiger partial charge in [-0.05, 0) is 32.6 Å². The maximum absolute atomic E-state index is 12.3. The van der Waals surface area contributed by atoms with Gasteiger partial charge in [-0.25, -0.2) is 4.79 Å². The Balaban J connectivity index is 3.80. The molecule has 0 bridgehead atoms. The van der Waals surface area contributed by atoms with Gasteiger partial charge in [-0.15, -0.1) is 0 Å².